The lowest BCUT2D eigenvalue weighted by Crippen LogP contribution is -2.36. The smallest absolute Gasteiger partial charge is 0.311 e. The summed E-state index contributed by atoms with van der Waals surface area (Å²) < 4.78 is 10.4. The van der Waals surface area contributed by atoms with Crippen LogP contribution in [0.5, 0.6) is 5.75 Å². The third-order valence-electron chi connectivity index (χ3n) is 3.97. The van der Waals surface area contributed by atoms with Gasteiger partial charge in [-0.05, 0) is 31.2 Å². The van der Waals surface area contributed by atoms with E-state index in [1.165, 1.54) is 11.3 Å². The van der Waals surface area contributed by atoms with Crippen molar-refractivity contribution in [1.82, 2.24) is 4.98 Å². The Hall–Kier alpha value is -2.94. The number of benzene rings is 1. The summed E-state index contributed by atoms with van der Waals surface area (Å²) in [6.07, 6.45) is 0.0647. The summed E-state index contributed by atoms with van der Waals surface area (Å²) in [5.74, 6) is -0.215. The van der Waals surface area contributed by atoms with Gasteiger partial charge in [0.05, 0.1) is 18.7 Å². The molecule has 0 aliphatic rings. The van der Waals surface area contributed by atoms with Crippen molar-refractivity contribution in [2.24, 2.45) is 5.41 Å². The number of rotatable bonds is 8. The van der Waals surface area contributed by atoms with E-state index in [1.54, 1.807) is 48.5 Å². The van der Waals surface area contributed by atoms with Gasteiger partial charge < -0.3 is 14.4 Å². The van der Waals surface area contributed by atoms with Crippen LogP contribution in [0.15, 0.2) is 29.6 Å². The average molecular weight is 434 g/mol. The zero-order valence-corrected chi connectivity index (χ0v) is 18.7. The number of nitrogens with zero attached hydrogens (tertiary/aromatic N) is 2. The van der Waals surface area contributed by atoms with Crippen LogP contribution in [-0.2, 0) is 25.5 Å². The maximum absolute atomic E-state index is 12.3. The quantitative estimate of drug-likeness (QED) is 0.642. The molecule has 162 valence electrons. The van der Waals surface area contributed by atoms with E-state index in [9.17, 15) is 14.4 Å². The van der Waals surface area contributed by atoms with Gasteiger partial charge in [-0.1, -0.05) is 20.8 Å². The molecule has 9 heteroatoms. The minimum absolute atomic E-state index is 0.00122. The van der Waals surface area contributed by atoms with Crippen LogP contribution in [0.1, 0.15) is 33.4 Å². The Labute approximate surface area is 180 Å². The second-order valence-corrected chi connectivity index (χ2v) is 8.43. The van der Waals surface area contributed by atoms with E-state index in [0.717, 1.165) is 5.69 Å². The molecule has 2 rings (SSSR count). The summed E-state index contributed by atoms with van der Waals surface area (Å²) in [7, 11) is 1.72. The lowest BCUT2D eigenvalue weighted by Gasteiger charge is -2.26. The normalized spacial score (nSPS) is 11.0. The number of esters is 1. The van der Waals surface area contributed by atoms with Gasteiger partial charge in [0.15, 0.2) is 11.7 Å². The van der Waals surface area contributed by atoms with Crippen LogP contribution in [0.2, 0.25) is 0 Å². The molecule has 2 aromatic rings. The monoisotopic (exact) mass is 433 g/mol. The van der Waals surface area contributed by atoms with Gasteiger partial charge in [-0.15, -0.1) is 11.3 Å². The molecule has 0 aliphatic heterocycles. The summed E-state index contributed by atoms with van der Waals surface area (Å²) in [4.78, 5) is 41.7. The lowest BCUT2D eigenvalue weighted by atomic mass is 9.95. The van der Waals surface area contributed by atoms with E-state index in [0.29, 0.717) is 23.2 Å². The number of hydrogen-bond donors (Lipinski definition) is 1. The molecule has 0 aliphatic carbocycles. The number of anilines is 2. The number of ether oxygens (including phenoxy) is 2. The SMILES string of the molecule is CCOC(=O)Cc1csc(NC(=O)COc2ccc(N(C)C(=O)C(C)(C)C)cc2)n1. The Morgan fingerprint density at radius 3 is 2.43 bits per heavy atom. The van der Waals surface area contributed by atoms with Gasteiger partial charge in [-0.2, -0.15) is 0 Å². The molecule has 0 spiro atoms. The Morgan fingerprint density at radius 2 is 1.83 bits per heavy atom. The van der Waals surface area contributed by atoms with Gasteiger partial charge in [0.1, 0.15) is 5.75 Å². The fourth-order valence-corrected chi connectivity index (χ4v) is 3.22. The van der Waals surface area contributed by atoms with Crippen LogP contribution in [0.3, 0.4) is 0 Å². The number of amides is 2. The van der Waals surface area contributed by atoms with E-state index in [4.69, 9.17) is 9.47 Å². The maximum atomic E-state index is 12.3. The van der Waals surface area contributed by atoms with Gasteiger partial charge in [0.25, 0.3) is 5.91 Å². The first-order chi connectivity index (χ1) is 14.1. The molecule has 0 unspecified atom stereocenters. The van der Waals surface area contributed by atoms with E-state index in [2.05, 4.69) is 10.3 Å². The molecule has 1 aromatic carbocycles. The number of nitrogens with one attached hydrogen (secondary N) is 1. The summed E-state index contributed by atoms with van der Waals surface area (Å²) in [6, 6.07) is 6.94. The Morgan fingerprint density at radius 1 is 1.17 bits per heavy atom. The summed E-state index contributed by atoms with van der Waals surface area (Å²) in [5.41, 5.74) is 0.802. The zero-order chi connectivity index (χ0) is 22.3. The second kappa shape index (κ2) is 10.2. The molecule has 0 fully saturated rings. The maximum Gasteiger partial charge on any atom is 0.311 e. The lowest BCUT2D eigenvalue weighted by molar-refractivity contribution is -0.142. The highest BCUT2D eigenvalue weighted by molar-refractivity contribution is 7.13. The first kappa shape index (κ1) is 23.3. The Balaban J connectivity index is 1.84. The summed E-state index contributed by atoms with van der Waals surface area (Å²) >= 11 is 1.23. The highest BCUT2D eigenvalue weighted by Gasteiger charge is 2.25. The number of carbonyl (C=O) groups excluding carboxylic acids is 3. The molecule has 1 aromatic heterocycles. The molecule has 0 atom stereocenters. The standard InChI is InChI=1S/C21H27N3O5S/c1-6-28-18(26)11-14-13-30-20(22-14)23-17(25)12-29-16-9-7-15(8-10-16)24(5)19(27)21(2,3)4/h7-10,13H,6,11-12H2,1-5H3,(H,22,23,25). The van der Waals surface area contributed by atoms with Crippen molar-refractivity contribution in [2.75, 3.05) is 30.5 Å². The van der Waals surface area contributed by atoms with E-state index in [1.807, 2.05) is 20.8 Å². The molecule has 0 saturated carbocycles. The molecule has 1 N–H and O–H groups in total. The highest BCUT2D eigenvalue weighted by Crippen LogP contribution is 2.24. The van der Waals surface area contributed by atoms with Crippen molar-refractivity contribution in [3.63, 3.8) is 0 Å². The first-order valence-electron chi connectivity index (χ1n) is 9.51. The third kappa shape index (κ3) is 6.84. The van der Waals surface area contributed by atoms with Crippen molar-refractivity contribution in [3.8, 4) is 5.75 Å². The van der Waals surface area contributed by atoms with Gasteiger partial charge in [0.2, 0.25) is 5.91 Å². The van der Waals surface area contributed by atoms with E-state index < -0.39 is 5.41 Å². The van der Waals surface area contributed by atoms with Crippen LogP contribution >= 0.6 is 11.3 Å². The van der Waals surface area contributed by atoms with Gasteiger partial charge in [0, 0.05) is 23.5 Å². The van der Waals surface area contributed by atoms with Crippen molar-refractivity contribution >= 4 is 39.9 Å². The van der Waals surface area contributed by atoms with Crippen LogP contribution in [0.25, 0.3) is 0 Å². The highest BCUT2D eigenvalue weighted by atomic mass is 32.1. The summed E-state index contributed by atoms with van der Waals surface area (Å²) in [6.45, 7) is 7.46. The Kier molecular flexibility index (Phi) is 7.93. The van der Waals surface area contributed by atoms with Crippen molar-refractivity contribution in [3.05, 3.63) is 35.3 Å². The van der Waals surface area contributed by atoms with Crippen LogP contribution in [0, 0.1) is 5.41 Å². The minimum atomic E-state index is -0.478. The molecule has 8 nitrogen and oxygen atoms in total. The van der Waals surface area contributed by atoms with Gasteiger partial charge in [-0.3, -0.25) is 19.7 Å². The average Bonchev–Trinajstić information content (AvgIpc) is 3.11. The second-order valence-electron chi connectivity index (χ2n) is 7.57. The van der Waals surface area contributed by atoms with Crippen molar-refractivity contribution in [1.29, 1.82) is 0 Å². The zero-order valence-electron chi connectivity index (χ0n) is 17.9. The number of hydrogen-bond acceptors (Lipinski definition) is 7. The van der Waals surface area contributed by atoms with Crippen LogP contribution in [0.4, 0.5) is 10.8 Å². The largest absolute Gasteiger partial charge is 0.484 e. The van der Waals surface area contributed by atoms with E-state index >= 15 is 0 Å². The topological polar surface area (TPSA) is 97.8 Å². The fourth-order valence-electron chi connectivity index (χ4n) is 2.50. The van der Waals surface area contributed by atoms with E-state index in [-0.39, 0.29) is 30.8 Å². The number of thiazole rings is 1. The Bertz CT molecular complexity index is 887. The summed E-state index contributed by atoms with van der Waals surface area (Å²) in [5, 5.41) is 4.72. The van der Waals surface area contributed by atoms with Crippen molar-refractivity contribution in [2.45, 2.75) is 34.1 Å². The predicted octanol–water partition coefficient (Wildman–Crippen LogP) is 3.28. The fraction of sp³-hybridized carbons (Fsp3) is 0.429. The molecule has 0 radical (unpaired) electrons. The van der Waals surface area contributed by atoms with Crippen LogP contribution in [-0.4, -0.2) is 43.0 Å². The van der Waals surface area contributed by atoms with Crippen LogP contribution < -0.4 is 15.0 Å². The molecule has 30 heavy (non-hydrogen) atoms. The first-order valence-corrected chi connectivity index (χ1v) is 10.4. The predicted molar refractivity (Wildman–Crippen MR) is 116 cm³/mol. The number of carbonyl (C=O) groups is 3. The molecular weight excluding hydrogens is 406 g/mol. The minimum Gasteiger partial charge on any atom is -0.484 e. The molecule has 1 heterocycles. The van der Waals surface area contributed by atoms with Gasteiger partial charge in [-0.25, -0.2) is 4.98 Å². The third-order valence-corrected chi connectivity index (χ3v) is 4.78. The molecule has 0 saturated heterocycles. The molecule has 2 amide bonds. The van der Waals surface area contributed by atoms with Crippen molar-refractivity contribution < 1.29 is 23.9 Å². The molecule has 0 bridgehead atoms. The number of aromatic nitrogens is 1. The van der Waals surface area contributed by atoms with Gasteiger partial charge >= 0.3 is 5.97 Å². The molecular formula is C21H27N3O5S.